The maximum Gasteiger partial charge on any atom is 0.271 e. The number of piperidine rings is 1. The molecule has 0 N–H and O–H groups in total. The molecule has 0 aliphatic carbocycles. The van der Waals surface area contributed by atoms with Crippen LogP contribution in [-0.4, -0.2) is 30.4 Å². The van der Waals surface area contributed by atoms with Gasteiger partial charge in [-0.2, -0.15) is 4.31 Å². The van der Waals surface area contributed by atoms with Crippen LogP contribution in [0, 0.1) is 11.6 Å². The zero-order chi connectivity index (χ0) is 18.0. The molecular formula is C17H18F2N2O3S. The molecule has 2 heterocycles. The minimum atomic E-state index is -3.87. The number of rotatable bonds is 4. The van der Waals surface area contributed by atoms with Gasteiger partial charge in [-0.3, -0.25) is 4.79 Å². The standard InChI is InChI=1S/C17H18F2N2O3S/c18-14-9-13(10-15(19)11-14)12-20-6-4-5-16(17(20)22)25(23,24)21-7-2-1-3-8-21/h4-6,9-11H,1-3,7-8,12H2. The molecule has 1 fully saturated rings. The van der Waals surface area contributed by atoms with Gasteiger partial charge in [0.1, 0.15) is 16.5 Å². The molecule has 3 rings (SSSR count). The van der Waals surface area contributed by atoms with E-state index in [1.807, 2.05) is 0 Å². The van der Waals surface area contributed by atoms with Gasteiger partial charge in [-0.25, -0.2) is 17.2 Å². The summed E-state index contributed by atoms with van der Waals surface area (Å²) in [6.45, 7) is 0.675. The van der Waals surface area contributed by atoms with Crippen LogP contribution in [0.5, 0.6) is 0 Å². The van der Waals surface area contributed by atoms with Gasteiger partial charge < -0.3 is 4.57 Å². The summed E-state index contributed by atoms with van der Waals surface area (Å²) in [6, 6.07) is 5.69. The maximum atomic E-state index is 13.3. The third kappa shape index (κ3) is 3.80. The number of benzene rings is 1. The van der Waals surface area contributed by atoms with E-state index in [4.69, 9.17) is 0 Å². The van der Waals surface area contributed by atoms with Crippen molar-refractivity contribution in [3.63, 3.8) is 0 Å². The van der Waals surface area contributed by atoms with Crippen LogP contribution in [0.4, 0.5) is 8.78 Å². The molecule has 1 aromatic heterocycles. The van der Waals surface area contributed by atoms with Crippen LogP contribution in [-0.2, 0) is 16.6 Å². The molecule has 134 valence electrons. The Bertz CT molecular complexity index is 915. The highest BCUT2D eigenvalue weighted by Crippen LogP contribution is 2.18. The summed E-state index contributed by atoms with van der Waals surface area (Å²) in [6.07, 6.45) is 3.90. The first-order valence-corrected chi connectivity index (χ1v) is 9.46. The molecule has 0 amide bonds. The second-order valence-electron chi connectivity index (χ2n) is 6.05. The number of sulfonamides is 1. The third-order valence-electron chi connectivity index (χ3n) is 4.19. The topological polar surface area (TPSA) is 59.4 Å². The third-order valence-corrected chi connectivity index (χ3v) is 6.10. The zero-order valence-corrected chi connectivity index (χ0v) is 14.3. The number of hydrogen-bond donors (Lipinski definition) is 0. The predicted octanol–water partition coefficient (Wildman–Crippen LogP) is 2.35. The van der Waals surface area contributed by atoms with Crippen LogP contribution in [0.25, 0.3) is 0 Å². The van der Waals surface area contributed by atoms with Crippen LogP contribution < -0.4 is 5.56 Å². The quantitative estimate of drug-likeness (QED) is 0.832. The fourth-order valence-corrected chi connectivity index (χ4v) is 4.58. The molecule has 1 aliphatic rings. The van der Waals surface area contributed by atoms with Crippen LogP contribution in [0.3, 0.4) is 0 Å². The van der Waals surface area contributed by atoms with Gasteiger partial charge in [0, 0.05) is 25.4 Å². The second kappa shape index (κ2) is 7.05. The highest BCUT2D eigenvalue weighted by Gasteiger charge is 2.28. The monoisotopic (exact) mass is 368 g/mol. The highest BCUT2D eigenvalue weighted by molar-refractivity contribution is 7.89. The largest absolute Gasteiger partial charge is 0.310 e. The van der Waals surface area contributed by atoms with E-state index in [1.165, 1.54) is 22.6 Å². The Kier molecular flexibility index (Phi) is 5.01. The number of aromatic nitrogens is 1. The van der Waals surface area contributed by atoms with Gasteiger partial charge in [-0.05, 0) is 42.7 Å². The summed E-state index contributed by atoms with van der Waals surface area (Å²) in [5.74, 6) is -1.50. The Hall–Kier alpha value is -2.06. The van der Waals surface area contributed by atoms with E-state index < -0.39 is 27.2 Å². The van der Waals surface area contributed by atoms with E-state index in [1.54, 1.807) is 0 Å². The smallest absolute Gasteiger partial charge is 0.271 e. The fraction of sp³-hybridized carbons (Fsp3) is 0.353. The number of pyridine rings is 1. The summed E-state index contributed by atoms with van der Waals surface area (Å²) in [5, 5.41) is 0. The molecule has 0 unspecified atom stereocenters. The zero-order valence-electron chi connectivity index (χ0n) is 13.5. The maximum absolute atomic E-state index is 13.3. The first-order valence-electron chi connectivity index (χ1n) is 8.02. The minimum Gasteiger partial charge on any atom is -0.310 e. The van der Waals surface area contributed by atoms with Crippen LogP contribution >= 0.6 is 0 Å². The van der Waals surface area contributed by atoms with Gasteiger partial charge in [0.15, 0.2) is 0 Å². The van der Waals surface area contributed by atoms with Gasteiger partial charge in [0.05, 0.1) is 6.54 Å². The average molecular weight is 368 g/mol. The average Bonchev–Trinajstić information content (AvgIpc) is 2.56. The molecular weight excluding hydrogens is 350 g/mol. The summed E-state index contributed by atoms with van der Waals surface area (Å²) in [7, 11) is -3.87. The second-order valence-corrected chi connectivity index (χ2v) is 7.95. The van der Waals surface area contributed by atoms with Crippen molar-refractivity contribution in [3.8, 4) is 0 Å². The van der Waals surface area contributed by atoms with Crippen molar-refractivity contribution in [1.82, 2.24) is 8.87 Å². The van der Waals surface area contributed by atoms with E-state index in [0.717, 1.165) is 42.0 Å². The van der Waals surface area contributed by atoms with Gasteiger partial charge in [-0.15, -0.1) is 0 Å². The first-order chi connectivity index (χ1) is 11.9. The molecule has 0 bridgehead atoms. The van der Waals surface area contributed by atoms with E-state index in [2.05, 4.69) is 0 Å². The molecule has 1 aliphatic heterocycles. The summed E-state index contributed by atoms with van der Waals surface area (Å²) < 4.78 is 54.5. The Morgan fingerprint density at radius 3 is 2.28 bits per heavy atom. The van der Waals surface area contributed by atoms with Gasteiger partial charge in [-0.1, -0.05) is 6.42 Å². The molecule has 0 saturated carbocycles. The predicted molar refractivity (Wildman–Crippen MR) is 88.8 cm³/mol. The first kappa shape index (κ1) is 17.8. The lowest BCUT2D eigenvalue weighted by Crippen LogP contribution is -2.39. The molecule has 8 heteroatoms. The lowest BCUT2D eigenvalue weighted by molar-refractivity contribution is 0.346. The fourth-order valence-electron chi connectivity index (χ4n) is 2.98. The summed E-state index contributed by atoms with van der Waals surface area (Å²) in [5.41, 5.74) is -0.454. The molecule has 1 aromatic carbocycles. The number of halogens is 2. The lowest BCUT2D eigenvalue weighted by atomic mass is 10.2. The van der Waals surface area contributed by atoms with Crippen LogP contribution in [0.2, 0.25) is 0 Å². The number of hydrogen-bond acceptors (Lipinski definition) is 3. The van der Waals surface area contributed by atoms with Crippen molar-refractivity contribution in [2.45, 2.75) is 30.7 Å². The molecule has 5 nitrogen and oxygen atoms in total. The molecule has 0 radical (unpaired) electrons. The number of nitrogens with zero attached hydrogens (tertiary/aromatic N) is 2. The molecule has 0 spiro atoms. The van der Waals surface area contributed by atoms with E-state index >= 15 is 0 Å². The van der Waals surface area contributed by atoms with Crippen LogP contribution in [0.1, 0.15) is 24.8 Å². The Balaban J connectivity index is 1.96. The summed E-state index contributed by atoms with van der Waals surface area (Å²) in [4.78, 5) is 12.3. The van der Waals surface area contributed by atoms with Gasteiger partial charge >= 0.3 is 0 Å². The molecule has 1 saturated heterocycles. The van der Waals surface area contributed by atoms with E-state index in [9.17, 15) is 22.0 Å². The Morgan fingerprint density at radius 1 is 1.00 bits per heavy atom. The van der Waals surface area contributed by atoms with Crippen molar-refractivity contribution in [1.29, 1.82) is 0 Å². The van der Waals surface area contributed by atoms with Gasteiger partial charge in [0.25, 0.3) is 5.56 Å². The molecule has 2 aromatic rings. The minimum absolute atomic E-state index is 0.114. The highest BCUT2D eigenvalue weighted by atomic mass is 32.2. The van der Waals surface area contributed by atoms with E-state index in [-0.39, 0.29) is 17.0 Å². The van der Waals surface area contributed by atoms with Crippen molar-refractivity contribution >= 4 is 10.0 Å². The van der Waals surface area contributed by atoms with Gasteiger partial charge in [0.2, 0.25) is 10.0 Å². The van der Waals surface area contributed by atoms with Crippen molar-refractivity contribution in [2.24, 2.45) is 0 Å². The molecule has 25 heavy (non-hydrogen) atoms. The normalized spacial score (nSPS) is 16.1. The van der Waals surface area contributed by atoms with Crippen molar-refractivity contribution in [2.75, 3.05) is 13.1 Å². The SMILES string of the molecule is O=c1c(S(=O)(=O)N2CCCCC2)cccn1Cc1cc(F)cc(F)c1. The van der Waals surface area contributed by atoms with Crippen LogP contribution in [0.15, 0.2) is 46.2 Å². The lowest BCUT2D eigenvalue weighted by Gasteiger charge is -2.25. The Labute approximate surface area is 144 Å². The Morgan fingerprint density at radius 2 is 1.64 bits per heavy atom. The van der Waals surface area contributed by atoms with E-state index in [0.29, 0.717) is 13.1 Å². The molecule has 0 atom stereocenters. The summed E-state index contributed by atoms with van der Waals surface area (Å²) >= 11 is 0. The van der Waals surface area contributed by atoms with Crippen molar-refractivity contribution < 1.29 is 17.2 Å². The van der Waals surface area contributed by atoms with Crippen molar-refractivity contribution in [3.05, 3.63) is 64.1 Å².